The first-order valence-electron chi connectivity index (χ1n) is 7.43. The summed E-state index contributed by atoms with van der Waals surface area (Å²) in [6.45, 7) is 10.5. The Balaban J connectivity index is 1.80. The van der Waals surface area contributed by atoms with Gasteiger partial charge in [0.15, 0.2) is 0 Å². The monoisotopic (exact) mass is 259 g/mol. The largest absolute Gasteiger partial charge is 0.492 e. The van der Waals surface area contributed by atoms with Gasteiger partial charge in [0.1, 0.15) is 12.4 Å². The molecule has 0 aliphatic carbocycles. The highest BCUT2D eigenvalue weighted by Crippen LogP contribution is 2.21. The second-order valence-electron chi connectivity index (χ2n) is 5.24. The van der Waals surface area contributed by atoms with Gasteiger partial charge in [0.25, 0.3) is 0 Å². The molecule has 1 aliphatic heterocycles. The molecule has 1 saturated heterocycles. The Kier molecular flexibility index (Phi) is 5.46. The lowest BCUT2D eigenvalue weighted by Gasteiger charge is -2.26. The minimum absolute atomic E-state index is 0.780. The average molecular weight is 259 g/mol. The smallest absolute Gasteiger partial charge is 0.119 e. The molecule has 0 bridgehead atoms. The van der Waals surface area contributed by atoms with E-state index in [2.05, 4.69) is 30.5 Å². The number of allylic oxidation sites excluding steroid dienone is 1. The van der Waals surface area contributed by atoms with E-state index in [1.807, 2.05) is 12.1 Å². The van der Waals surface area contributed by atoms with Gasteiger partial charge in [-0.1, -0.05) is 32.1 Å². The third-order valence-electron chi connectivity index (χ3n) is 3.79. The van der Waals surface area contributed by atoms with Crippen molar-refractivity contribution in [3.05, 3.63) is 36.4 Å². The summed E-state index contributed by atoms with van der Waals surface area (Å²) in [5.41, 5.74) is 2.36. The summed E-state index contributed by atoms with van der Waals surface area (Å²) in [4.78, 5) is 2.50. The van der Waals surface area contributed by atoms with Gasteiger partial charge in [0.2, 0.25) is 0 Å². The van der Waals surface area contributed by atoms with E-state index in [9.17, 15) is 0 Å². The van der Waals surface area contributed by atoms with Crippen molar-refractivity contribution in [3.8, 4) is 5.75 Å². The molecule has 0 N–H and O–H groups in total. The zero-order chi connectivity index (χ0) is 13.5. The van der Waals surface area contributed by atoms with Crippen molar-refractivity contribution in [2.75, 3.05) is 26.2 Å². The summed E-state index contributed by atoms with van der Waals surface area (Å²) in [5.74, 6) is 0.962. The van der Waals surface area contributed by atoms with E-state index in [1.54, 1.807) is 0 Å². The van der Waals surface area contributed by atoms with Crippen LogP contribution in [0.15, 0.2) is 30.8 Å². The van der Waals surface area contributed by atoms with E-state index < -0.39 is 0 Å². The third-order valence-corrected chi connectivity index (χ3v) is 3.79. The Hall–Kier alpha value is -1.28. The molecule has 0 radical (unpaired) electrons. The predicted molar refractivity (Wildman–Crippen MR) is 81.6 cm³/mol. The van der Waals surface area contributed by atoms with Crippen molar-refractivity contribution in [1.82, 2.24) is 4.90 Å². The minimum atomic E-state index is 0.780. The summed E-state index contributed by atoms with van der Waals surface area (Å²) >= 11 is 0. The molecule has 104 valence electrons. The number of ether oxygens (including phenoxy) is 1. The number of rotatable bonds is 6. The van der Waals surface area contributed by atoms with E-state index in [0.717, 1.165) is 25.3 Å². The molecule has 0 saturated carbocycles. The number of piperidine rings is 1. The van der Waals surface area contributed by atoms with Crippen molar-refractivity contribution >= 4 is 5.57 Å². The SMILES string of the molecule is C=C(CC)c1cccc(OCCN2CCCCC2)c1. The molecule has 1 aliphatic rings. The van der Waals surface area contributed by atoms with Crippen molar-refractivity contribution in [2.45, 2.75) is 32.6 Å². The van der Waals surface area contributed by atoms with Crippen LogP contribution in [0.1, 0.15) is 38.2 Å². The minimum Gasteiger partial charge on any atom is -0.492 e. The molecule has 0 unspecified atom stereocenters. The molecule has 19 heavy (non-hydrogen) atoms. The van der Waals surface area contributed by atoms with Crippen LogP contribution in [-0.2, 0) is 0 Å². The van der Waals surface area contributed by atoms with E-state index >= 15 is 0 Å². The summed E-state index contributed by atoms with van der Waals surface area (Å²) in [7, 11) is 0. The lowest BCUT2D eigenvalue weighted by Crippen LogP contribution is -2.33. The topological polar surface area (TPSA) is 12.5 Å². The van der Waals surface area contributed by atoms with E-state index in [1.165, 1.54) is 43.5 Å². The van der Waals surface area contributed by atoms with Crippen LogP contribution in [0.25, 0.3) is 5.57 Å². The number of likely N-dealkylation sites (tertiary alicyclic amines) is 1. The second-order valence-corrected chi connectivity index (χ2v) is 5.24. The Morgan fingerprint density at radius 1 is 1.26 bits per heavy atom. The zero-order valence-corrected chi connectivity index (χ0v) is 12.0. The maximum absolute atomic E-state index is 5.86. The van der Waals surface area contributed by atoms with Crippen LogP contribution in [0.3, 0.4) is 0 Å². The highest BCUT2D eigenvalue weighted by molar-refractivity contribution is 5.64. The molecular formula is C17H25NO. The van der Waals surface area contributed by atoms with Gasteiger partial charge in [-0.25, -0.2) is 0 Å². The number of nitrogens with zero attached hydrogens (tertiary/aromatic N) is 1. The summed E-state index contributed by atoms with van der Waals surface area (Å²) < 4.78 is 5.86. The van der Waals surface area contributed by atoms with E-state index in [0.29, 0.717) is 0 Å². The van der Waals surface area contributed by atoms with Gasteiger partial charge in [0, 0.05) is 6.54 Å². The molecule has 0 aromatic heterocycles. The van der Waals surface area contributed by atoms with Gasteiger partial charge in [-0.3, -0.25) is 4.90 Å². The first-order valence-corrected chi connectivity index (χ1v) is 7.43. The van der Waals surface area contributed by atoms with Gasteiger partial charge in [-0.2, -0.15) is 0 Å². The molecule has 0 amide bonds. The first kappa shape index (κ1) is 14.1. The van der Waals surface area contributed by atoms with Crippen LogP contribution in [0, 0.1) is 0 Å². The van der Waals surface area contributed by atoms with Crippen LogP contribution < -0.4 is 4.74 Å². The average Bonchev–Trinajstić information content (AvgIpc) is 2.48. The van der Waals surface area contributed by atoms with E-state index in [4.69, 9.17) is 4.74 Å². The molecule has 2 nitrogen and oxygen atoms in total. The Morgan fingerprint density at radius 3 is 2.79 bits per heavy atom. The predicted octanol–water partition coefficient (Wildman–Crippen LogP) is 3.97. The van der Waals surface area contributed by atoms with Gasteiger partial charge in [-0.05, 0) is 55.6 Å². The number of hydrogen-bond donors (Lipinski definition) is 0. The molecule has 1 fully saturated rings. The molecule has 0 atom stereocenters. The maximum atomic E-state index is 5.86. The van der Waals surface area contributed by atoms with Crippen molar-refractivity contribution in [1.29, 1.82) is 0 Å². The molecule has 2 heteroatoms. The maximum Gasteiger partial charge on any atom is 0.119 e. The normalized spacial score (nSPS) is 16.3. The first-order chi connectivity index (χ1) is 9.29. The summed E-state index contributed by atoms with van der Waals surface area (Å²) in [5, 5.41) is 0. The Bertz CT molecular complexity index is 407. The Labute approximate surface area is 117 Å². The van der Waals surface area contributed by atoms with Crippen molar-refractivity contribution in [2.24, 2.45) is 0 Å². The fourth-order valence-corrected chi connectivity index (χ4v) is 2.49. The standard InChI is InChI=1S/C17H25NO/c1-3-15(2)16-8-7-9-17(14-16)19-13-12-18-10-5-4-6-11-18/h7-9,14H,2-6,10-13H2,1H3. The fourth-order valence-electron chi connectivity index (χ4n) is 2.49. The van der Waals surface area contributed by atoms with E-state index in [-0.39, 0.29) is 0 Å². The number of hydrogen-bond acceptors (Lipinski definition) is 2. The zero-order valence-electron chi connectivity index (χ0n) is 12.0. The molecular weight excluding hydrogens is 234 g/mol. The van der Waals surface area contributed by atoms with Crippen molar-refractivity contribution in [3.63, 3.8) is 0 Å². The lowest BCUT2D eigenvalue weighted by atomic mass is 10.1. The van der Waals surface area contributed by atoms with Gasteiger partial charge >= 0.3 is 0 Å². The highest BCUT2D eigenvalue weighted by atomic mass is 16.5. The van der Waals surface area contributed by atoms with Gasteiger partial charge in [-0.15, -0.1) is 0 Å². The van der Waals surface area contributed by atoms with Crippen LogP contribution in [0.5, 0.6) is 5.75 Å². The van der Waals surface area contributed by atoms with Crippen LogP contribution in [-0.4, -0.2) is 31.1 Å². The lowest BCUT2D eigenvalue weighted by molar-refractivity contribution is 0.183. The van der Waals surface area contributed by atoms with Gasteiger partial charge < -0.3 is 4.74 Å². The highest BCUT2D eigenvalue weighted by Gasteiger charge is 2.09. The van der Waals surface area contributed by atoms with Crippen LogP contribution in [0.4, 0.5) is 0 Å². The summed E-state index contributed by atoms with van der Waals surface area (Å²) in [6.07, 6.45) is 5.05. The van der Waals surface area contributed by atoms with Crippen molar-refractivity contribution < 1.29 is 4.74 Å². The molecule has 0 spiro atoms. The molecule has 1 aromatic rings. The molecule has 1 aromatic carbocycles. The van der Waals surface area contributed by atoms with Crippen LogP contribution >= 0.6 is 0 Å². The van der Waals surface area contributed by atoms with Crippen LogP contribution in [0.2, 0.25) is 0 Å². The third kappa shape index (κ3) is 4.39. The fraction of sp³-hybridized carbons (Fsp3) is 0.529. The molecule has 1 heterocycles. The number of benzene rings is 1. The second kappa shape index (κ2) is 7.34. The molecule has 2 rings (SSSR count). The summed E-state index contributed by atoms with van der Waals surface area (Å²) in [6, 6.07) is 8.28. The van der Waals surface area contributed by atoms with Gasteiger partial charge in [0.05, 0.1) is 0 Å². The quantitative estimate of drug-likeness (QED) is 0.766. The Morgan fingerprint density at radius 2 is 2.05 bits per heavy atom.